The molecule has 0 aliphatic heterocycles. The van der Waals surface area contributed by atoms with Gasteiger partial charge in [-0.15, -0.1) is 0 Å². The zero-order valence-corrected chi connectivity index (χ0v) is 10.4. The molecule has 0 atom stereocenters. The molecule has 1 amide bonds. The molecule has 0 spiro atoms. The highest BCUT2D eigenvalue weighted by Crippen LogP contribution is 2.24. The van der Waals surface area contributed by atoms with Crippen LogP contribution >= 0.6 is 0 Å². The monoisotopic (exact) mass is 258 g/mol. The van der Waals surface area contributed by atoms with Crippen molar-refractivity contribution >= 4 is 11.9 Å². The van der Waals surface area contributed by atoms with Crippen LogP contribution in [-0.4, -0.2) is 23.5 Å². The second kappa shape index (κ2) is 5.26. The lowest BCUT2D eigenvalue weighted by atomic mass is 10.1. The van der Waals surface area contributed by atoms with E-state index in [9.17, 15) is 4.79 Å². The summed E-state index contributed by atoms with van der Waals surface area (Å²) in [7, 11) is 1.57. The van der Waals surface area contributed by atoms with Gasteiger partial charge in [0.25, 0.3) is 5.91 Å². The fourth-order valence-corrected chi connectivity index (χ4v) is 1.70. The number of aliphatic imine (C=N–C) groups is 1. The van der Waals surface area contributed by atoms with Crippen molar-refractivity contribution in [2.24, 2.45) is 16.5 Å². The number of benzene rings is 1. The molecule has 0 saturated carbocycles. The maximum absolute atomic E-state index is 11.8. The van der Waals surface area contributed by atoms with Crippen molar-refractivity contribution in [1.82, 2.24) is 4.57 Å². The van der Waals surface area contributed by atoms with Crippen LogP contribution in [0.4, 0.5) is 0 Å². The van der Waals surface area contributed by atoms with E-state index in [4.69, 9.17) is 16.2 Å². The number of methoxy groups -OCH3 is 1. The van der Waals surface area contributed by atoms with E-state index in [1.54, 1.807) is 25.3 Å². The van der Waals surface area contributed by atoms with Gasteiger partial charge in [-0.2, -0.15) is 4.99 Å². The minimum atomic E-state index is -0.490. The van der Waals surface area contributed by atoms with E-state index < -0.39 is 5.91 Å². The topological polar surface area (TPSA) is 95.6 Å². The predicted octanol–water partition coefficient (Wildman–Crippen LogP) is 0.899. The van der Waals surface area contributed by atoms with Gasteiger partial charge in [0, 0.05) is 18.0 Å². The Kier molecular flexibility index (Phi) is 3.51. The summed E-state index contributed by atoms with van der Waals surface area (Å²) in [5, 5.41) is 0. The molecule has 0 radical (unpaired) electrons. The Balaban J connectivity index is 2.48. The molecular formula is C13H14N4O2. The van der Waals surface area contributed by atoms with Gasteiger partial charge < -0.3 is 20.8 Å². The standard InChI is InChI=1S/C13H14N4O2/c1-19-11-5-4-9(12(18)16-13(14)15)8-10(11)17-6-2-3-7-17/h2-8H,1H3,(H4,14,15,16,18). The van der Waals surface area contributed by atoms with Gasteiger partial charge in [0.2, 0.25) is 0 Å². The first kappa shape index (κ1) is 12.7. The average Bonchev–Trinajstić information content (AvgIpc) is 2.91. The molecule has 6 nitrogen and oxygen atoms in total. The van der Waals surface area contributed by atoms with E-state index in [1.807, 2.05) is 29.1 Å². The molecule has 0 fully saturated rings. The molecule has 0 unspecified atom stereocenters. The molecule has 2 rings (SSSR count). The molecule has 6 heteroatoms. The zero-order chi connectivity index (χ0) is 13.8. The van der Waals surface area contributed by atoms with E-state index in [0.29, 0.717) is 11.3 Å². The Morgan fingerprint density at radius 2 is 1.95 bits per heavy atom. The summed E-state index contributed by atoms with van der Waals surface area (Å²) in [5.74, 6) is -0.100. The fraction of sp³-hybridized carbons (Fsp3) is 0.0769. The summed E-state index contributed by atoms with van der Waals surface area (Å²) in [6.07, 6.45) is 3.71. The molecule has 0 aliphatic carbocycles. The first-order valence-corrected chi connectivity index (χ1v) is 5.57. The highest BCUT2D eigenvalue weighted by Gasteiger charge is 2.10. The van der Waals surface area contributed by atoms with Crippen LogP contribution in [0.2, 0.25) is 0 Å². The molecule has 19 heavy (non-hydrogen) atoms. The third-order valence-electron chi connectivity index (χ3n) is 2.54. The van der Waals surface area contributed by atoms with Crippen molar-refractivity contribution in [3.8, 4) is 11.4 Å². The molecule has 0 saturated heterocycles. The number of nitrogens with zero attached hydrogens (tertiary/aromatic N) is 2. The summed E-state index contributed by atoms with van der Waals surface area (Å²) in [6, 6.07) is 8.74. The van der Waals surface area contributed by atoms with Crippen LogP contribution in [0.3, 0.4) is 0 Å². The molecular weight excluding hydrogens is 244 g/mol. The van der Waals surface area contributed by atoms with Gasteiger partial charge >= 0.3 is 0 Å². The lowest BCUT2D eigenvalue weighted by Crippen LogP contribution is -2.24. The van der Waals surface area contributed by atoms with Crippen LogP contribution in [-0.2, 0) is 0 Å². The van der Waals surface area contributed by atoms with E-state index in [-0.39, 0.29) is 5.96 Å². The third-order valence-corrected chi connectivity index (χ3v) is 2.54. The number of hydrogen-bond acceptors (Lipinski definition) is 2. The number of guanidine groups is 1. The second-order valence-electron chi connectivity index (χ2n) is 3.82. The van der Waals surface area contributed by atoms with Crippen molar-refractivity contribution in [1.29, 1.82) is 0 Å². The van der Waals surface area contributed by atoms with E-state index in [2.05, 4.69) is 4.99 Å². The first-order valence-electron chi connectivity index (χ1n) is 5.57. The highest BCUT2D eigenvalue weighted by molar-refractivity contribution is 6.02. The Labute approximate surface area is 110 Å². The Hall–Kier alpha value is -2.76. The first-order chi connectivity index (χ1) is 9.11. The maximum atomic E-state index is 11.8. The maximum Gasteiger partial charge on any atom is 0.280 e. The summed E-state index contributed by atoms with van der Waals surface area (Å²) in [5.41, 5.74) is 11.5. The van der Waals surface area contributed by atoms with Crippen LogP contribution in [0.15, 0.2) is 47.7 Å². The number of carbonyl (C=O) groups is 1. The number of nitrogens with two attached hydrogens (primary N) is 2. The molecule has 0 bridgehead atoms. The molecule has 2 aromatic rings. The SMILES string of the molecule is COc1ccc(C(=O)N=C(N)N)cc1-n1cccc1. The fourth-order valence-electron chi connectivity index (χ4n) is 1.70. The second-order valence-corrected chi connectivity index (χ2v) is 3.82. The van der Waals surface area contributed by atoms with Crippen LogP contribution in [0.5, 0.6) is 5.75 Å². The number of ether oxygens (including phenoxy) is 1. The lowest BCUT2D eigenvalue weighted by Gasteiger charge is -2.10. The normalized spacial score (nSPS) is 9.95. The summed E-state index contributed by atoms with van der Waals surface area (Å²) in [6.45, 7) is 0. The number of amides is 1. The van der Waals surface area contributed by atoms with Crippen LogP contribution in [0.1, 0.15) is 10.4 Å². The van der Waals surface area contributed by atoms with Gasteiger partial charge in [-0.25, -0.2) is 0 Å². The van der Waals surface area contributed by atoms with Gasteiger partial charge in [-0.05, 0) is 30.3 Å². The van der Waals surface area contributed by atoms with Crippen molar-refractivity contribution in [3.63, 3.8) is 0 Å². The van der Waals surface area contributed by atoms with Crippen LogP contribution in [0, 0.1) is 0 Å². The zero-order valence-electron chi connectivity index (χ0n) is 10.4. The van der Waals surface area contributed by atoms with Crippen LogP contribution < -0.4 is 16.2 Å². The molecule has 1 aromatic heterocycles. The third kappa shape index (κ3) is 2.74. The van der Waals surface area contributed by atoms with E-state index in [0.717, 1.165) is 5.69 Å². The van der Waals surface area contributed by atoms with E-state index >= 15 is 0 Å². The molecule has 1 heterocycles. The van der Waals surface area contributed by atoms with Crippen molar-refractivity contribution in [2.75, 3.05) is 7.11 Å². The Morgan fingerprint density at radius 1 is 1.26 bits per heavy atom. The molecule has 4 N–H and O–H groups in total. The quantitative estimate of drug-likeness (QED) is 0.631. The largest absolute Gasteiger partial charge is 0.495 e. The molecule has 1 aromatic carbocycles. The van der Waals surface area contributed by atoms with E-state index in [1.165, 1.54) is 0 Å². The van der Waals surface area contributed by atoms with Gasteiger partial charge in [0.05, 0.1) is 12.8 Å². The smallest absolute Gasteiger partial charge is 0.280 e. The summed E-state index contributed by atoms with van der Waals surface area (Å²) in [4.78, 5) is 15.3. The lowest BCUT2D eigenvalue weighted by molar-refractivity contribution is 0.100. The number of rotatable bonds is 3. The Bertz CT molecular complexity index is 614. The number of carbonyl (C=O) groups excluding carboxylic acids is 1. The molecule has 98 valence electrons. The Morgan fingerprint density at radius 3 is 2.53 bits per heavy atom. The number of hydrogen-bond donors (Lipinski definition) is 2. The molecule has 0 aliphatic rings. The minimum absolute atomic E-state index is 0.261. The van der Waals surface area contributed by atoms with Gasteiger partial charge in [0.1, 0.15) is 5.75 Å². The number of aromatic nitrogens is 1. The minimum Gasteiger partial charge on any atom is -0.495 e. The summed E-state index contributed by atoms with van der Waals surface area (Å²) >= 11 is 0. The van der Waals surface area contributed by atoms with Gasteiger partial charge in [-0.3, -0.25) is 4.79 Å². The van der Waals surface area contributed by atoms with Gasteiger partial charge in [0.15, 0.2) is 5.96 Å². The average molecular weight is 258 g/mol. The van der Waals surface area contributed by atoms with Crippen molar-refractivity contribution in [3.05, 3.63) is 48.3 Å². The summed E-state index contributed by atoms with van der Waals surface area (Å²) < 4.78 is 7.11. The van der Waals surface area contributed by atoms with Crippen molar-refractivity contribution in [2.45, 2.75) is 0 Å². The van der Waals surface area contributed by atoms with Crippen LogP contribution in [0.25, 0.3) is 5.69 Å². The highest BCUT2D eigenvalue weighted by atomic mass is 16.5. The van der Waals surface area contributed by atoms with Gasteiger partial charge in [-0.1, -0.05) is 0 Å². The predicted molar refractivity (Wildman–Crippen MR) is 72.5 cm³/mol. The van der Waals surface area contributed by atoms with Crippen molar-refractivity contribution < 1.29 is 9.53 Å².